The van der Waals surface area contributed by atoms with Crippen molar-refractivity contribution < 1.29 is 0 Å². The lowest BCUT2D eigenvalue weighted by molar-refractivity contribution is 0.316. The van der Waals surface area contributed by atoms with Crippen molar-refractivity contribution in [2.45, 2.75) is 39.3 Å². The standard InChI is InChI=1S/C18H25N5/c1-4-13(3)22-9-8-14-5-6-16-17(15(14)11-22)21-18(20)23(16)10-7-12(2)19/h5-6H,2-4,7-11,19H2,1H3,(H2,20,21). The smallest absolute Gasteiger partial charge is 0.201 e. The van der Waals surface area contributed by atoms with E-state index in [-0.39, 0.29) is 0 Å². The van der Waals surface area contributed by atoms with E-state index in [1.165, 1.54) is 16.8 Å². The molecule has 1 aliphatic rings. The summed E-state index contributed by atoms with van der Waals surface area (Å²) in [6, 6.07) is 4.33. The minimum atomic E-state index is 0.543. The van der Waals surface area contributed by atoms with E-state index in [9.17, 15) is 0 Å². The number of hydrogen-bond donors (Lipinski definition) is 2. The Kier molecular flexibility index (Phi) is 4.03. The number of anilines is 1. The third-order valence-corrected chi connectivity index (χ3v) is 4.66. The van der Waals surface area contributed by atoms with Crippen LogP contribution in [0, 0.1) is 0 Å². The van der Waals surface area contributed by atoms with E-state index >= 15 is 0 Å². The maximum absolute atomic E-state index is 6.14. The molecule has 0 amide bonds. The van der Waals surface area contributed by atoms with Crippen molar-refractivity contribution in [2.24, 2.45) is 5.73 Å². The quantitative estimate of drug-likeness (QED) is 0.890. The third-order valence-electron chi connectivity index (χ3n) is 4.66. The zero-order chi connectivity index (χ0) is 16.6. The first-order chi connectivity index (χ1) is 11.0. The summed E-state index contributed by atoms with van der Waals surface area (Å²) >= 11 is 0. The van der Waals surface area contributed by atoms with Crippen molar-refractivity contribution in [2.75, 3.05) is 12.3 Å². The zero-order valence-electron chi connectivity index (χ0n) is 13.8. The van der Waals surface area contributed by atoms with Crippen molar-refractivity contribution in [3.05, 3.63) is 47.8 Å². The number of aryl methyl sites for hydroxylation is 1. The first-order valence-electron chi connectivity index (χ1n) is 8.13. The summed E-state index contributed by atoms with van der Waals surface area (Å²) in [4.78, 5) is 6.98. The summed E-state index contributed by atoms with van der Waals surface area (Å²) in [5.74, 6) is 0.543. The predicted molar refractivity (Wildman–Crippen MR) is 95.6 cm³/mol. The normalized spacial score (nSPS) is 14.0. The second-order valence-corrected chi connectivity index (χ2v) is 6.19. The second-order valence-electron chi connectivity index (χ2n) is 6.19. The molecule has 23 heavy (non-hydrogen) atoms. The van der Waals surface area contributed by atoms with E-state index in [1.54, 1.807) is 0 Å². The fraction of sp³-hybridized carbons (Fsp3) is 0.389. The van der Waals surface area contributed by atoms with E-state index in [0.29, 0.717) is 24.6 Å². The molecule has 0 spiro atoms. The van der Waals surface area contributed by atoms with Crippen LogP contribution in [0.1, 0.15) is 30.9 Å². The van der Waals surface area contributed by atoms with Crippen LogP contribution in [0.5, 0.6) is 0 Å². The highest BCUT2D eigenvalue weighted by molar-refractivity contribution is 5.83. The average molecular weight is 311 g/mol. The Bertz CT molecular complexity index is 771. The molecule has 2 heterocycles. The predicted octanol–water partition coefficient (Wildman–Crippen LogP) is 2.76. The van der Waals surface area contributed by atoms with Gasteiger partial charge in [0.2, 0.25) is 5.95 Å². The minimum Gasteiger partial charge on any atom is -0.402 e. The van der Waals surface area contributed by atoms with Gasteiger partial charge in [0.25, 0.3) is 0 Å². The lowest BCUT2D eigenvalue weighted by Gasteiger charge is -2.32. The van der Waals surface area contributed by atoms with Crippen molar-refractivity contribution >= 4 is 17.0 Å². The van der Waals surface area contributed by atoms with Crippen LogP contribution in [0.3, 0.4) is 0 Å². The van der Waals surface area contributed by atoms with Gasteiger partial charge in [0.05, 0.1) is 11.0 Å². The molecule has 0 aliphatic carbocycles. The maximum Gasteiger partial charge on any atom is 0.201 e. The number of hydrogen-bond acceptors (Lipinski definition) is 4. The SMILES string of the molecule is C=C(N)CCn1c(N)nc2c3c(ccc21)CCN(C(=C)CC)C3. The highest BCUT2D eigenvalue weighted by Crippen LogP contribution is 2.30. The van der Waals surface area contributed by atoms with Gasteiger partial charge in [-0.1, -0.05) is 26.1 Å². The molecule has 1 aromatic carbocycles. The molecule has 5 nitrogen and oxygen atoms in total. The van der Waals surface area contributed by atoms with Gasteiger partial charge in [-0.15, -0.1) is 0 Å². The third kappa shape index (κ3) is 2.79. The molecule has 1 aliphatic heterocycles. The molecule has 0 saturated heterocycles. The zero-order valence-corrected chi connectivity index (χ0v) is 13.8. The number of allylic oxidation sites excluding steroid dienone is 2. The summed E-state index contributed by atoms with van der Waals surface area (Å²) in [5.41, 5.74) is 18.4. The van der Waals surface area contributed by atoms with Gasteiger partial charge in [-0.3, -0.25) is 0 Å². The molecular formula is C18H25N5. The summed E-state index contributed by atoms with van der Waals surface area (Å²) in [6.45, 7) is 12.7. The van der Waals surface area contributed by atoms with Gasteiger partial charge in [-0.2, -0.15) is 0 Å². The molecule has 1 aromatic heterocycles. The number of benzene rings is 1. The molecule has 2 aromatic rings. The summed E-state index contributed by atoms with van der Waals surface area (Å²) in [6.07, 6.45) is 2.70. The molecule has 0 unspecified atom stereocenters. The van der Waals surface area contributed by atoms with Crippen LogP contribution < -0.4 is 11.5 Å². The fourth-order valence-corrected chi connectivity index (χ4v) is 3.23. The summed E-state index contributed by atoms with van der Waals surface area (Å²) in [5, 5.41) is 0. The number of nitrogens with two attached hydrogens (primary N) is 2. The van der Waals surface area contributed by atoms with Crippen LogP contribution in [0.2, 0.25) is 0 Å². The van der Waals surface area contributed by atoms with Crippen LogP contribution in [-0.4, -0.2) is 21.0 Å². The highest BCUT2D eigenvalue weighted by atomic mass is 15.2. The Hall–Kier alpha value is -2.43. The molecule has 0 radical (unpaired) electrons. The Balaban J connectivity index is 2.01. The topological polar surface area (TPSA) is 73.1 Å². The van der Waals surface area contributed by atoms with Crippen LogP contribution in [-0.2, 0) is 19.5 Å². The van der Waals surface area contributed by atoms with E-state index in [2.05, 4.69) is 42.1 Å². The van der Waals surface area contributed by atoms with Crippen LogP contribution in [0.25, 0.3) is 11.0 Å². The Morgan fingerprint density at radius 3 is 2.83 bits per heavy atom. The molecular weight excluding hydrogens is 286 g/mol. The lowest BCUT2D eigenvalue weighted by Crippen LogP contribution is -2.29. The van der Waals surface area contributed by atoms with Crippen molar-refractivity contribution in [1.29, 1.82) is 0 Å². The first kappa shape index (κ1) is 15.5. The Morgan fingerprint density at radius 2 is 2.13 bits per heavy atom. The van der Waals surface area contributed by atoms with Crippen LogP contribution >= 0.6 is 0 Å². The van der Waals surface area contributed by atoms with E-state index in [4.69, 9.17) is 11.5 Å². The van der Waals surface area contributed by atoms with Crippen LogP contribution in [0.4, 0.5) is 5.95 Å². The molecule has 0 fully saturated rings. The lowest BCUT2D eigenvalue weighted by atomic mass is 9.97. The number of nitrogen functional groups attached to an aromatic ring is 1. The van der Waals surface area contributed by atoms with Gasteiger partial charge < -0.3 is 20.9 Å². The van der Waals surface area contributed by atoms with E-state index < -0.39 is 0 Å². The molecule has 0 saturated carbocycles. The molecule has 5 heteroatoms. The fourth-order valence-electron chi connectivity index (χ4n) is 3.23. The van der Waals surface area contributed by atoms with Crippen molar-refractivity contribution in [1.82, 2.24) is 14.5 Å². The highest BCUT2D eigenvalue weighted by Gasteiger charge is 2.21. The maximum atomic E-state index is 6.14. The van der Waals surface area contributed by atoms with Gasteiger partial charge in [0, 0.05) is 43.0 Å². The van der Waals surface area contributed by atoms with Gasteiger partial charge in [-0.25, -0.2) is 4.98 Å². The van der Waals surface area contributed by atoms with Gasteiger partial charge in [0.1, 0.15) is 0 Å². The molecule has 3 rings (SSSR count). The monoisotopic (exact) mass is 311 g/mol. The van der Waals surface area contributed by atoms with Crippen LogP contribution in [0.15, 0.2) is 36.7 Å². The molecule has 4 N–H and O–H groups in total. The summed E-state index contributed by atoms with van der Waals surface area (Å²) < 4.78 is 2.03. The molecule has 0 atom stereocenters. The number of nitrogens with zero attached hydrogens (tertiary/aromatic N) is 3. The van der Waals surface area contributed by atoms with Crippen molar-refractivity contribution in [3.63, 3.8) is 0 Å². The molecule has 122 valence electrons. The Labute approximate surface area is 137 Å². The van der Waals surface area contributed by atoms with E-state index in [0.717, 1.165) is 37.0 Å². The molecule has 0 bridgehead atoms. The first-order valence-corrected chi connectivity index (χ1v) is 8.13. The number of fused-ring (bicyclic) bond motifs is 3. The Morgan fingerprint density at radius 1 is 1.35 bits per heavy atom. The average Bonchev–Trinajstić information content (AvgIpc) is 2.87. The number of imidazole rings is 1. The van der Waals surface area contributed by atoms with Gasteiger partial charge in [0.15, 0.2) is 0 Å². The summed E-state index contributed by atoms with van der Waals surface area (Å²) in [7, 11) is 0. The minimum absolute atomic E-state index is 0.543. The van der Waals surface area contributed by atoms with Gasteiger partial charge >= 0.3 is 0 Å². The van der Waals surface area contributed by atoms with Crippen molar-refractivity contribution in [3.8, 4) is 0 Å². The number of aromatic nitrogens is 2. The second kappa shape index (κ2) is 5.99. The van der Waals surface area contributed by atoms with Gasteiger partial charge in [-0.05, 0) is 24.5 Å². The largest absolute Gasteiger partial charge is 0.402 e. The van der Waals surface area contributed by atoms with E-state index in [1.807, 2.05) is 4.57 Å². The number of rotatable bonds is 5.